The molecule has 0 amide bonds. The van der Waals surface area contributed by atoms with Crippen molar-refractivity contribution in [2.24, 2.45) is 0 Å². The van der Waals surface area contributed by atoms with Gasteiger partial charge in [-0.05, 0) is 24.3 Å². The van der Waals surface area contributed by atoms with Gasteiger partial charge in [-0.3, -0.25) is 0 Å². The van der Waals surface area contributed by atoms with Crippen LogP contribution in [0.3, 0.4) is 0 Å². The van der Waals surface area contributed by atoms with E-state index in [1.807, 2.05) is 0 Å². The van der Waals surface area contributed by atoms with Crippen molar-refractivity contribution in [1.29, 1.82) is 0 Å². The molecule has 0 saturated heterocycles. The van der Waals surface area contributed by atoms with E-state index in [2.05, 4.69) is 20.9 Å². The highest BCUT2D eigenvalue weighted by molar-refractivity contribution is 9.10. The molecule has 0 fully saturated rings. The zero-order chi connectivity index (χ0) is 12.4. The van der Waals surface area contributed by atoms with Crippen molar-refractivity contribution in [1.82, 2.24) is 4.98 Å². The van der Waals surface area contributed by atoms with Crippen molar-refractivity contribution < 1.29 is 13.5 Å². The van der Waals surface area contributed by atoms with E-state index in [1.54, 1.807) is 24.3 Å². The molecule has 0 bridgehead atoms. The molecule has 2 aromatic rings. The molecule has 1 aromatic carbocycles. The Labute approximate surface area is 104 Å². The molecular weight excluding hydrogens is 294 g/mol. The molecule has 0 saturated carbocycles. The average Bonchev–Trinajstić information content (AvgIpc) is 2.29. The summed E-state index contributed by atoms with van der Waals surface area (Å²) in [6.07, 6.45) is 0. The molecule has 2 rings (SSSR count). The summed E-state index contributed by atoms with van der Waals surface area (Å²) >= 11 is 3.25. The van der Waals surface area contributed by atoms with Crippen molar-refractivity contribution in [3.63, 3.8) is 0 Å². The first kappa shape index (κ1) is 11.8. The largest absolute Gasteiger partial charge is 0.436 e. The zero-order valence-corrected chi connectivity index (χ0v) is 10.0. The topological polar surface area (TPSA) is 48.1 Å². The van der Waals surface area contributed by atoms with E-state index >= 15 is 0 Å². The molecule has 0 spiro atoms. The Morgan fingerprint density at radius 2 is 1.76 bits per heavy atom. The Kier molecular flexibility index (Phi) is 3.23. The maximum Gasteiger partial charge on any atom is 0.258 e. The van der Waals surface area contributed by atoms with Crippen molar-refractivity contribution in [3.05, 3.63) is 46.4 Å². The highest BCUT2D eigenvalue weighted by atomic mass is 79.9. The van der Waals surface area contributed by atoms with Crippen LogP contribution in [0, 0.1) is 11.6 Å². The van der Waals surface area contributed by atoms with E-state index in [9.17, 15) is 8.78 Å². The highest BCUT2D eigenvalue weighted by Crippen LogP contribution is 2.25. The number of ether oxygens (including phenoxy) is 1. The third-order valence-electron chi connectivity index (χ3n) is 1.95. The molecule has 6 heteroatoms. The van der Waals surface area contributed by atoms with E-state index in [0.29, 0.717) is 11.8 Å². The number of benzene rings is 1. The lowest BCUT2D eigenvalue weighted by Crippen LogP contribution is -2.00. The van der Waals surface area contributed by atoms with Gasteiger partial charge in [0.05, 0.1) is 0 Å². The Balaban J connectivity index is 2.30. The van der Waals surface area contributed by atoms with Crippen molar-refractivity contribution in [3.8, 4) is 11.6 Å². The SMILES string of the molecule is Nc1nc(Oc2ccc(Br)cc2)c(F)cc1F. The number of hydrogen-bond donors (Lipinski definition) is 1. The zero-order valence-electron chi connectivity index (χ0n) is 8.45. The number of anilines is 1. The number of pyridine rings is 1. The van der Waals surface area contributed by atoms with Gasteiger partial charge in [0.15, 0.2) is 17.5 Å². The summed E-state index contributed by atoms with van der Waals surface area (Å²) in [5, 5.41) is 0. The van der Waals surface area contributed by atoms with Crippen LogP contribution in [0.4, 0.5) is 14.6 Å². The van der Waals surface area contributed by atoms with Gasteiger partial charge in [0.1, 0.15) is 5.75 Å². The lowest BCUT2D eigenvalue weighted by atomic mass is 10.3. The molecule has 3 nitrogen and oxygen atoms in total. The lowest BCUT2D eigenvalue weighted by Gasteiger charge is -2.06. The number of nitrogen functional groups attached to an aromatic ring is 1. The number of aromatic nitrogens is 1. The fourth-order valence-electron chi connectivity index (χ4n) is 1.15. The molecular formula is C11H7BrF2N2O. The molecule has 1 heterocycles. The standard InChI is InChI=1S/C11H7BrF2N2O/c12-6-1-3-7(4-2-6)17-11-9(14)5-8(13)10(15)16-11/h1-5H,(H2,15,16). The smallest absolute Gasteiger partial charge is 0.258 e. The van der Waals surface area contributed by atoms with Crippen LogP contribution in [0.2, 0.25) is 0 Å². The molecule has 0 aliphatic heterocycles. The van der Waals surface area contributed by atoms with Gasteiger partial charge < -0.3 is 10.5 Å². The van der Waals surface area contributed by atoms with Crippen LogP contribution in [0.25, 0.3) is 0 Å². The average molecular weight is 301 g/mol. The second-order valence-corrected chi connectivity index (χ2v) is 4.11. The number of halogens is 3. The van der Waals surface area contributed by atoms with Crippen LogP contribution in [0.1, 0.15) is 0 Å². The molecule has 0 radical (unpaired) electrons. The molecule has 0 unspecified atom stereocenters. The first-order chi connectivity index (χ1) is 8.06. The number of rotatable bonds is 2. The molecule has 1 aromatic heterocycles. The van der Waals surface area contributed by atoms with Crippen LogP contribution in [-0.2, 0) is 0 Å². The van der Waals surface area contributed by atoms with Gasteiger partial charge in [0.25, 0.3) is 5.88 Å². The lowest BCUT2D eigenvalue weighted by molar-refractivity contribution is 0.418. The van der Waals surface area contributed by atoms with Gasteiger partial charge in [0, 0.05) is 10.5 Å². The molecule has 88 valence electrons. The highest BCUT2D eigenvalue weighted by Gasteiger charge is 2.11. The van der Waals surface area contributed by atoms with E-state index in [4.69, 9.17) is 10.5 Å². The fraction of sp³-hybridized carbons (Fsp3) is 0. The normalized spacial score (nSPS) is 10.3. The third kappa shape index (κ3) is 2.71. The van der Waals surface area contributed by atoms with Crippen LogP contribution in [-0.4, -0.2) is 4.98 Å². The Hall–Kier alpha value is -1.69. The van der Waals surface area contributed by atoms with E-state index in [0.717, 1.165) is 4.47 Å². The van der Waals surface area contributed by atoms with Gasteiger partial charge in [0.2, 0.25) is 0 Å². The molecule has 0 atom stereocenters. The molecule has 0 aliphatic carbocycles. The first-order valence-corrected chi connectivity index (χ1v) is 5.40. The maximum absolute atomic E-state index is 13.3. The van der Waals surface area contributed by atoms with E-state index in [-0.39, 0.29) is 5.88 Å². The minimum Gasteiger partial charge on any atom is -0.436 e. The maximum atomic E-state index is 13.3. The molecule has 0 aliphatic rings. The molecule has 2 N–H and O–H groups in total. The van der Waals surface area contributed by atoms with Gasteiger partial charge in [-0.1, -0.05) is 15.9 Å². The minimum absolute atomic E-state index is 0.355. The van der Waals surface area contributed by atoms with Crippen molar-refractivity contribution in [2.75, 3.05) is 5.73 Å². The summed E-state index contributed by atoms with van der Waals surface area (Å²) in [5.74, 6) is -2.19. The fourth-order valence-corrected chi connectivity index (χ4v) is 1.41. The first-order valence-electron chi connectivity index (χ1n) is 4.61. The van der Waals surface area contributed by atoms with Gasteiger partial charge >= 0.3 is 0 Å². The molecule has 17 heavy (non-hydrogen) atoms. The van der Waals surface area contributed by atoms with Gasteiger partial charge in [-0.25, -0.2) is 8.78 Å². The summed E-state index contributed by atoms with van der Waals surface area (Å²) in [6.45, 7) is 0. The van der Waals surface area contributed by atoms with Gasteiger partial charge in [-0.2, -0.15) is 4.98 Å². The predicted molar refractivity (Wildman–Crippen MR) is 62.8 cm³/mol. The number of nitrogens with zero attached hydrogens (tertiary/aromatic N) is 1. The Bertz CT molecular complexity index is 546. The quantitative estimate of drug-likeness (QED) is 0.923. The summed E-state index contributed by atoms with van der Waals surface area (Å²) in [4.78, 5) is 3.48. The van der Waals surface area contributed by atoms with Crippen molar-refractivity contribution >= 4 is 21.7 Å². The number of nitrogens with two attached hydrogens (primary N) is 1. The van der Waals surface area contributed by atoms with E-state index < -0.39 is 17.5 Å². The van der Waals surface area contributed by atoms with Gasteiger partial charge in [-0.15, -0.1) is 0 Å². The predicted octanol–water partition coefficient (Wildman–Crippen LogP) is 3.50. The Morgan fingerprint density at radius 3 is 2.41 bits per heavy atom. The summed E-state index contributed by atoms with van der Waals surface area (Å²) in [7, 11) is 0. The summed E-state index contributed by atoms with van der Waals surface area (Å²) < 4.78 is 32.2. The van der Waals surface area contributed by atoms with E-state index in [1.165, 1.54) is 0 Å². The second kappa shape index (κ2) is 4.67. The van der Waals surface area contributed by atoms with Crippen molar-refractivity contribution in [2.45, 2.75) is 0 Å². The van der Waals surface area contributed by atoms with Crippen LogP contribution < -0.4 is 10.5 Å². The van der Waals surface area contributed by atoms with Crippen LogP contribution >= 0.6 is 15.9 Å². The summed E-state index contributed by atoms with van der Waals surface area (Å²) in [6, 6.07) is 7.31. The second-order valence-electron chi connectivity index (χ2n) is 3.20. The summed E-state index contributed by atoms with van der Waals surface area (Å²) in [5.41, 5.74) is 5.23. The van der Waals surface area contributed by atoms with Crippen LogP contribution in [0.15, 0.2) is 34.8 Å². The number of hydrogen-bond acceptors (Lipinski definition) is 3. The van der Waals surface area contributed by atoms with Crippen LogP contribution in [0.5, 0.6) is 11.6 Å². The Morgan fingerprint density at radius 1 is 1.12 bits per heavy atom. The monoisotopic (exact) mass is 300 g/mol. The third-order valence-corrected chi connectivity index (χ3v) is 2.48. The minimum atomic E-state index is -0.911.